The predicted molar refractivity (Wildman–Crippen MR) is 495 cm³/mol. The first-order valence-electron chi connectivity index (χ1n) is 45.0. The number of likely N-dealkylation sites (tertiary alicyclic amines) is 4. The maximum atomic E-state index is 13.1. The molecular weight excluding hydrogens is 1760 g/mol. The number of carboxylic acid groups (broad SMARTS) is 3. The highest BCUT2D eigenvalue weighted by molar-refractivity contribution is 5.94. The summed E-state index contributed by atoms with van der Waals surface area (Å²) in [4.78, 5) is 183. The van der Waals surface area contributed by atoms with Gasteiger partial charge in [-0.1, -0.05) is 158 Å². The minimum absolute atomic E-state index is 0.0321. The van der Waals surface area contributed by atoms with E-state index in [1.54, 1.807) is 67.2 Å². The van der Waals surface area contributed by atoms with Crippen molar-refractivity contribution in [3.05, 3.63) is 211 Å². The Bertz CT molecular complexity index is 4920. The molecule has 7 saturated heterocycles. The lowest BCUT2D eigenvalue weighted by molar-refractivity contribution is -0.168. The SMILES string of the molecule is C=CCOC(=O)NC1CC(=O)OC1OCc1ccccc1.CC(C)(C)OC(=O)N1CCCC1C(=O)NC1CC(=O)OC1OCc1ccccc1.CC(C)(C)OC(=O)N1CCC[C@H]1C(=O)O.C[C@H](Nc1ccccc1)C(=O)N1CCCC1C(=O)NC(C=O)CC(=O)O.C[C@H](Nc1ccccc1)C(=O)N1CCCC1C(=O)NC1CC(=O)OC1OCc1ccccc1.C[C@H](Nc1ccccc1)C(=O)O. The van der Waals surface area contributed by atoms with Crippen LogP contribution < -0.4 is 37.2 Å². The first-order valence-corrected chi connectivity index (χ1v) is 45.0. The molecule has 0 aliphatic carbocycles. The molecule has 6 aromatic rings. The summed E-state index contributed by atoms with van der Waals surface area (Å²) >= 11 is 0. The molecule has 0 bridgehead atoms. The average Bonchev–Trinajstić information content (AvgIpc) is 1.69. The van der Waals surface area contributed by atoms with Crippen LogP contribution in [-0.4, -0.2) is 254 Å². The van der Waals surface area contributed by atoms with Crippen molar-refractivity contribution < 1.29 is 130 Å². The minimum atomic E-state index is -1.18. The van der Waals surface area contributed by atoms with Crippen molar-refractivity contribution in [2.75, 3.05) is 48.7 Å². The molecule has 0 saturated carbocycles. The molecule has 6 aromatic carbocycles. The van der Waals surface area contributed by atoms with Crippen molar-refractivity contribution in [3.63, 3.8) is 0 Å². The first kappa shape index (κ1) is 107. The number of ether oxygens (including phenoxy) is 9. The number of nitrogens with one attached hydrogen (secondary N) is 7. The lowest BCUT2D eigenvalue weighted by Gasteiger charge is -2.29. The van der Waals surface area contributed by atoms with Gasteiger partial charge in [-0.2, -0.15) is 0 Å². The Morgan fingerprint density at radius 3 is 1.07 bits per heavy atom. The van der Waals surface area contributed by atoms with E-state index in [0.717, 1.165) is 46.6 Å². The van der Waals surface area contributed by atoms with Gasteiger partial charge in [0.25, 0.3) is 0 Å². The van der Waals surface area contributed by atoms with Crippen LogP contribution in [0.5, 0.6) is 0 Å². The second kappa shape index (κ2) is 53.8. The molecule has 7 fully saturated rings. The monoisotopic (exact) mass is 1890 g/mol. The van der Waals surface area contributed by atoms with Gasteiger partial charge in [0.15, 0.2) is 0 Å². The molecular formula is C98H125N11O27. The predicted octanol–water partition coefficient (Wildman–Crippen LogP) is 10.2. The van der Waals surface area contributed by atoms with E-state index in [1.165, 1.54) is 20.8 Å². The maximum absolute atomic E-state index is 13.1. The summed E-state index contributed by atoms with van der Waals surface area (Å²) in [6.07, 6.45) is 2.26. The fourth-order valence-corrected chi connectivity index (χ4v) is 14.9. The van der Waals surface area contributed by atoms with Crippen molar-refractivity contribution in [2.45, 2.75) is 256 Å². The van der Waals surface area contributed by atoms with E-state index in [2.05, 4.69) is 43.8 Å². The number of nitrogens with zero attached hydrogens (tertiary/aromatic N) is 4. The lowest BCUT2D eigenvalue weighted by Crippen LogP contribution is -2.53. The minimum Gasteiger partial charge on any atom is -0.481 e. The highest BCUT2D eigenvalue weighted by atomic mass is 16.7. The van der Waals surface area contributed by atoms with Crippen LogP contribution in [0.1, 0.15) is 156 Å². The number of alkyl carbamates (subject to hydrolysis) is 1. The van der Waals surface area contributed by atoms with E-state index in [-0.39, 0.29) is 62.7 Å². The fraction of sp³-hybridized carbons (Fsp3) is 0.459. The Balaban J connectivity index is 0.000000206. The molecule has 10 N–H and O–H groups in total. The maximum Gasteiger partial charge on any atom is 0.411 e. The third-order valence-corrected chi connectivity index (χ3v) is 21.4. The average molecular weight is 1890 g/mol. The summed E-state index contributed by atoms with van der Waals surface area (Å²) in [5, 5.41) is 46.0. The Labute approximate surface area is 789 Å². The second-order valence-electron chi connectivity index (χ2n) is 34.7. The molecule has 734 valence electrons. The number of para-hydroxylation sites is 3. The number of carbonyl (C=O) groups is 15. The number of cyclic esters (lactones) is 3. The van der Waals surface area contributed by atoms with Gasteiger partial charge in [-0.25, -0.2) is 19.2 Å². The molecule has 13 rings (SSSR count). The molecule has 7 aliphatic heterocycles. The summed E-state index contributed by atoms with van der Waals surface area (Å²) in [5.74, 6) is -5.71. The first-order chi connectivity index (χ1) is 64.8. The zero-order valence-electron chi connectivity index (χ0n) is 77.8. The molecule has 8 amide bonds. The van der Waals surface area contributed by atoms with Crippen molar-refractivity contribution in [2.24, 2.45) is 0 Å². The number of hydrogen-bond donors (Lipinski definition) is 10. The van der Waals surface area contributed by atoms with Gasteiger partial charge in [0.05, 0.1) is 51.5 Å². The molecule has 0 spiro atoms. The van der Waals surface area contributed by atoms with Crippen LogP contribution in [0.4, 0.5) is 31.4 Å². The third-order valence-electron chi connectivity index (χ3n) is 21.4. The quantitative estimate of drug-likeness (QED) is 0.00836. The van der Waals surface area contributed by atoms with Crippen LogP contribution in [0.3, 0.4) is 0 Å². The fourth-order valence-electron chi connectivity index (χ4n) is 14.9. The highest BCUT2D eigenvalue weighted by Crippen LogP contribution is 2.29. The van der Waals surface area contributed by atoms with Gasteiger partial charge in [-0.3, -0.25) is 57.7 Å². The van der Waals surface area contributed by atoms with Gasteiger partial charge in [0, 0.05) is 43.2 Å². The van der Waals surface area contributed by atoms with Crippen LogP contribution in [-0.2, 0) is 120 Å². The van der Waals surface area contributed by atoms with Gasteiger partial charge in [0.1, 0.15) is 84.5 Å². The topological polar surface area (TPSA) is 497 Å². The molecule has 38 nitrogen and oxygen atoms in total. The van der Waals surface area contributed by atoms with Crippen molar-refractivity contribution in [3.8, 4) is 0 Å². The molecule has 10 unspecified atom stereocenters. The second-order valence-corrected chi connectivity index (χ2v) is 34.7. The number of aliphatic carboxylic acids is 3. The van der Waals surface area contributed by atoms with Gasteiger partial charge in [-0.15, -0.1) is 0 Å². The number of hydrogen-bond acceptors (Lipinski definition) is 27. The number of anilines is 3. The molecule has 0 aromatic heterocycles. The van der Waals surface area contributed by atoms with Crippen LogP contribution in [0, 0.1) is 0 Å². The van der Waals surface area contributed by atoms with E-state index < -0.39 is 163 Å². The largest absolute Gasteiger partial charge is 0.481 e. The highest BCUT2D eigenvalue weighted by Gasteiger charge is 2.46. The van der Waals surface area contributed by atoms with Gasteiger partial charge >= 0.3 is 54.1 Å². The van der Waals surface area contributed by atoms with Crippen LogP contribution in [0.15, 0.2) is 195 Å². The molecule has 38 heteroatoms. The van der Waals surface area contributed by atoms with Crippen molar-refractivity contribution >= 4 is 107 Å². The van der Waals surface area contributed by atoms with E-state index in [4.69, 9.17) is 58.0 Å². The third kappa shape index (κ3) is 36.1. The van der Waals surface area contributed by atoms with E-state index in [0.29, 0.717) is 77.6 Å². The molecule has 0 radical (unpaired) electrons. The van der Waals surface area contributed by atoms with Crippen molar-refractivity contribution in [1.29, 1.82) is 0 Å². The Morgan fingerprint density at radius 2 is 0.743 bits per heavy atom. The van der Waals surface area contributed by atoms with Gasteiger partial charge in [-0.05, 0) is 167 Å². The van der Waals surface area contributed by atoms with E-state index >= 15 is 0 Å². The number of benzene rings is 6. The summed E-state index contributed by atoms with van der Waals surface area (Å²) in [5.41, 5.74) is 4.09. The van der Waals surface area contributed by atoms with Gasteiger partial charge in [0.2, 0.25) is 48.4 Å². The van der Waals surface area contributed by atoms with Crippen LogP contribution >= 0.6 is 0 Å². The zero-order chi connectivity index (χ0) is 99.0. The number of amides is 8. The zero-order valence-corrected chi connectivity index (χ0v) is 77.8. The lowest BCUT2D eigenvalue weighted by atomic mass is 10.1. The molecule has 136 heavy (non-hydrogen) atoms. The summed E-state index contributed by atoms with van der Waals surface area (Å²) < 4.78 is 47.9. The Morgan fingerprint density at radius 1 is 0.434 bits per heavy atom. The van der Waals surface area contributed by atoms with Crippen LogP contribution in [0.2, 0.25) is 0 Å². The number of esters is 3. The number of carboxylic acids is 3. The standard InChI is InChI=1S/C25H29N3O5.C21H28N2O6.C18H23N3O5.C15H17NO5.C10H17NO4.C9H11NO2/c1-17(26-19-11-6-3-7-12-19)24(31)28-14-8-13-21(28)23(30)27-20-15-22(29)33-25(20)32-16-18-9-4-2-5-10-18;1-21(2,3)29-20(26)23-11-7-10-16(23)18(25)22-15-12-17(24)28-19(15)27-13-14-8-5-4-6-9-14;1-12(19-13-6-3-2-4-7-13)18(26)21-9-5-8-15(21)17(25)20-14(11-22)10-16(23)24;1-2-8-19-15(18)16-12-9-13(17)21-14(12)20-10-11-6-4-3-5-7-11;1-10(2,3)15-9(14)11-6-4-5-7(11)8(12)13;1-7(9(11)12)10-8-5-3-2-4-6-8/h2-7,9-12,17,20-21,25-26H,8,13-16H2,1H3,(H,27,30);4-6,8-9,15-16,19H,7,10-13H2,1-3H3,(H,22,25);2-4,6-7,11-12,14-15,19H,5,8-10H2,1H3,(H,20,25)(H,23,24);2-7,12,14H,1,8-10H2,(H,16,18);7H,4-6H2,1-3H3,(H,12,13);2-7,10H,1H3,(H,11,12)/t17-,20?,21?,25?;;12-,14?,15?;;2*7-/m0.0.00/s1. The Hall–Kier alpha value is -14.0. The Kier molecular flexibility index (Phi) is 42.4. The number of rotatable bonds is 31. The van der Waals surface area contributed by atoms with E-state index in [9.17, 15) is 71.9 Å². The molecule has 7 aliphatic rings. The van der Waals surface area contributed by atoms with Gasteiger partial charge < -0.3 is 110 Å². The summed E-state index contributed by atoms with van der Waals surface area (Å²) in [7, 11) is 0. The normalized spacial score (nSPS) is 21.0. The number of carbonyl (C=O) groups excluding carboxylic acids is 12. The molecule has 14 atom stereocenters. The smallest absolute Gasteiger partial charge is 0.411 e. The summed E-state index contributed by atoms with van der Waals surface area (Å²) in [6.45, 7) is 22.0. The number of aldehydes is 1. The molecule has 7 heterocycles. The van der Waals surface area contributed by atoms with E-state index in [1.807, 2.05) is 182 Å². The van der Waals surface area contributed by atoms with Crippen LogP contribution in [0.25, 0.3) is 0 Å². The summed E-state index contributed by atoms with van der Waals surface area (Å²) in [6, 6.07) is 49.5. The van der Waals surface area contributed by atoms with Crippen molar-refractivity contribution in [1.82, 2.24) is 40.9 Å².